The van der Waals surface area contributed by atoms with Crippen molar-refractivity contribution in [3.63, 3.8) is 0 Å². The molecule has 0 aromatic heterocycles. The molecule has 0 amide bonds. The quantitative estimate of drug-likeness (QED) is 0.814. The van der Waals surface area contributed by atoms with Gasteiger partial charge >= 0.3 is 0 Å². The zero-order valence-corrected chi connectivity index (χ0v) is 10.2. The molecular weight excluding hydrogens is 212 g/mol. The number of hydrogen-bond acceptors (Lipinski definition) is 3. The van der Waals surface area contributed by atoms with Crippen LogP contribution in [0, 0.1) is 0 Å². The van der Waals surface area contributed by atoms with E-state index in [0.717, 1.165) is 25.1 Å². The largest absolute Gasteiger partial charge is 0.508 e. The van der Waals surface area contributed by atoms with Gasteiger partial charge in [-0.25, -0.2) is 0 Å². The average Bonchev–Trinajstić information content (AvgIpc) is 2.82. The van der Waals surface area contributed by atoms with Gasteiger partial charge in [0.05, 0.1) is 0 Å². The predicted molar refractivity (Wildman–Crippen MR) is 68.2 cm³/mol. The summed E-state index contributed by atoms with van der Waals surface area (Å²) in [6, 6.07) is 6.21. The van der Waals surface area contributed by atoms with Crippen LogP contribution in [0.15, 0.2) is 18.2 Å². The number of benzene rings is 1. The fraction of sp³-hybridized carbons (Fsp3) is 0.571. The molecule has 1 atom stereocenters. The number of likely N-dealkylation sites (tertiary alicyclic amines) is 1. The van der Waals surface area contributed by atoms with Crippen LogP contribution in [0.3, 0.4) is 0 Å². The molecule has 2 aliphatic heterocycles. The maximum Gasteiger partial charge on any atom is 0.120 e. The van der Waals surface area contributed by atoms with Gasteiger partial charge in [0.25, 0.3) is 0 Å². The lowest BCUT2D eigenvalue weighted by Gasteiger charge is -2.30. The van der Waals surface area contributed by atoms with E-state index in [0.29, 0.717) is 11.8 Å². The van der Waals surface area contributed by atoms with Crippen LogP contribution in [0.25, 0.3) is 0 Å². The van der Waals surface area contributed by atoms with Crippen molar-refractivity contribution in [1.82, 2.24) is 10.2 Å². The van der Waals surface area contributed by atoms with Crippen LogP contribution in [-0.2, 0) is 6.42 Å². The Kier molecular flexibility index (Phi) is 3.04. The van der Waals surface area contributed by atoms with E-state index in [-0.39, 0.29) is 0 Å². The highest BCUT2D eigenvalue weighted by Crippen LogP contribution is 2.31. The molecule has 3 heteroatoms. The molecule has 0 aliphatic carbocycles. The van der Waals surface area contributed by atoms with Crippen molar-refractivity contribution in [1.29, 1.82) is 0 Å². The molecule has 1 aromatic carbocycles. The fourth-order valence-electron chi connectivity index (χ4n) is 3.08. The van der Waals surface area contributed by atoms with Crippen molar-refractivity contribution < 1.29 is 5.11 Å². The van der Waals surface area contributed by atoms with Crippen LogP contribution < -0.4 is 5.32 Å². The summed E-state index contributed by atoms with van der Waals surface area (Å²) < 4.78 is 0. The Morgan fingerprint density at radius 1 is 1.29 bits per heavy atom. The Labute approximate surface area is 102 Å². The number of rotatable bonds is 2. The number of aromatic hydroxyl groups is 1. The first-order chi connectivity index (χ1) is 8.34. The van der Waals surface area contributed by atoms with Crippen LogP contribution in [0.4, 0.5) is 0 Å². The molecule has 1 unspecified atom stereocenters. The van der Waals surface area contributed by atoms with E-state index in [4.69, 9.17) is 0 Å². The number of phenolic OH excluding ortho intramolecular Hbond substituents is 1. The molecule has 3 nitrogen and oxygen atoms in total. The molecule has 92 valence electrons. The first-order valence-corrected chi connectivity index (χ1v) is 6.61. The highest BCUT2D eigenvalue weighted by Gasteiger charge is 2.25. The van der Waals surface area contributed by atoms with Gasteiger partial charge in [0.2, 0.25) is 0 Å². The molecule has 1 saturated heterocycles. The molecule has 0 radical (unpaired) electrons. The molecule has 0 bridgehead atoms. The lowest BCUT2D eigenvalue weighted by Crippen LogP contribution is -2.38. The molecule has 2 aliphatic rings. The van der Waals surface area contributed by atoms with Gasteiger partial charge in [-0.3, -0.25) is 0 Å². The van der Waals surface area contributed by atoms with E-state index >= 15 is 0 Å². The van der Waals surface area contributed by atoms with Gasteiger partial charge in [-0.15, -0.1) is 0 Å². The Balaban J connectivity index is 1.83. The zero-order valence-electron chi connectivity index (χ0n) is 10.2. The number of nitrogens with zero attached hydrogens (tertiary/aromatic N) is 1. The predicted octanol–water partition coefficient (Wildman–Crippen LogP) is 1.67. The lowest BCUT2D eigenvalue weighted by molar-refractivity contribution is 0.283. The average molecular weight is 232 g/mol. The van der Waals surface area contributed by atoms with Gasteiger partial charge in [-0.2, -0.15) is 0 Å². The van der Waals surface area contributed by atoms with E-state index in [1.807, 2.05) is 12.1 Å². The third-order valence-electron chi connectivity index (χ3n) is 3.95. The van der Waals surface area contributed by atoms with Gasteiger partial charge in [0.15, 0.2) is 0 Å². The molecule has 0 spiro atoms. The van der Waals surface area contributed by atoms with Crippen molar-refractivity contribution in [2.75, 3.05) is 26.2 Å². The van der Waals surface area contributed by atoms with E-state index in [9.17, 15) is 5.11 Å². The molecule has 17 heavy (non-hydrogen) atoms. The molecular formula is C14H20N2O. The highest BCUT2D eigenvalue weighted by atomic mass is 16.3. The third kappa shape index (κ3) is 2.17. The van der Waals surface area contributed by atoms with Gasteiger partial charge in [-0.05, 0) is 50.5 Å². The minimum atomic E-state index is 0.304. The van der Waals surface area contributed by atoms with Crippen molar-refractivity contribution >= 4 is 0 Å². The number of fused-ring (bicyclic) bond motifs is 1. The first-order valence-electron chi connectivity index (χ1n) is 6.61. The molecule has 2 heterocycles. The maximum absolute atomic E-state index is 10.0. The Morgan fingerprint density at radius 2 is 2.12 bits per heavy atom. The van der Waals surface area contributed by atoms with E-state index in [2.05, 4.69) is 16.3 Å². The second-order valence-corrected chi connectivity index (χ2v) is 5.11. The lowest BCUT2D eigenvalue weighted by atomic mass is 9.93. The minimum Gasteiger partial charge on any atom is -0.508 e. The van der Waals surface area contributed by atoms with Crippen molar-refractivity contribution in [3.8, 4) is 5.75 Å². The molecule has 3 rings (SSSR count). The van der Waals surface area contributed by atoms with E-state index < -0.39 is 0 Å². The summed E-state index contributed by atoms with van der Waals surface area (Å²) in [5, 5.41) is 13.6. The van der Waals surface area contributed by atoms with E-state index in [1.165, 1.54) is 31.5 Å². The van der Waals surface area contributed by atoms with Crippen LogP contribution in [0.2, 0.25) is 0 Å². The summed E-state index contributed by atoms with van der Waals surface area (Å²) in [6.07, 6.45) is 3.67. The smallest absolute Gasteiger partial charge is 0.120 e. The monoisotopic (exact) mass is 232 g/mol. The summed E-state index contributed by atoms with van der Waals surface area (Å²) in [5.41, 5.74) is 2.44. The summed E-state index contributed by atoms with van der Waals surface area (Å²) in [4.78, 5) is 2.50. The molecule has 1 fully saturated rings. The molecule has 2 N–H and O–H groups in total. The fourth-order valence-corrected chi connectivity index (χ4v) is 3.08. The standard InChI is InChI=1S/C14H20N2O/c17-13-5-3-4-11-6-7-15-12(14(11)13)10-16-8-1-2-9-16/h3-5,12,15,17H,1-2,6-10H2. The Morgan fingerprint density at radius 3 is 2.94 bits per heavy atom. The third-order valence-corrected chi connectivity index (χ3v) is 3.95. The van der Waals surface area contributed by atoms with Crippen molar-refractivity contribution in [2.24, 2.45) is 0 Å². The van der Waals surface area contributed by atoms with Crippen LogP contribution in [0.5, 0.6) is 5.75 Å². The maximum atomic E-state index is 10.0. The van der Waals surface area contributed by atoms with Crippen LogP contribution >= 0.6 is 0 Å². The summed E-state index contributed by atoms with van der Waals surface area (Å²) in [5.74, 6) is 0.457. The van der Waals surface area contributed by atoms with Gasteiger partial charge in [0, 0.05) is 18.2 Å². The first kappa shape index (κ1) is 11.1. The van der Waals surface area contributed by atoms with Crippen molar-refractivity contribution in [2.45, 2.75) is 25.3 Å². The van der Waals surface area contributed by atoms with Crippen LogP contribution in [-0.4, -0.2) is 36.2 Å². The number of hydrogen-bond donors (Lipinski definition) is 2. The summed E-state index contributed by atoms with van der Waals surface area (Å²) in [7, 11) is 0. The number of nitrogens with one attached hydrogen (secondary N) is 1. The van der Waals surface area contributed by atoms with Gasteiger partial charge < -0.3 is 15.3 Å². The molecule has 1 aromatic rings. The number of phenols is 1. The summed E-state index contributed by atoms with van der Waals surface area (Å²) >= 11 is 0. The van der Waals surface area contributed by atoms with Crippen LogP contribution in [0.1, 0.15) is 30.0 Å². The topological polar surface area (TPSA) is 35.5 Å². The zero-order chi connectivity index (χ0) is 11.7. The normalized spacial score (nSPS) is 24.8. The van der Waals surface area contributed by atoms with E-state index in [1.54, 1.807) is 0 Å². The Hall–Kier alpha value is -1.06. The molecule has 0 saturated carbocycles. The Bertz CT molecular complexity index is 399. The van der Waals surface area contributed by atoms with Crippen molar-refractivity contribution in [3.05, 3.63) is 29.3 Å². The SMILES string of the molecule is Oc1cccc2c1C(CN1CCCC1)NCC2. The second kappa shape index (κ2) is 4.67. The summed E-state index contributed by atoms with van der Waals surface area (Å²) in [6.45, 7) is 4.47. The second-order valence-electron chi connectivity index (χ2n) is 5.11. The van der Waals surface area contributed by atoms with Gasteiger partial charge in [0.1, 0.15) is 5.75 Å². The minimum absolute atomic E-state index is 0.304. The van der Waals surface area contributed by atoms with Gasteiger partial charge in [-0.1, -0.05) is 12.1 Å². The highest BCUT2D eigenvalue weighted by molar-refractivity contribution is 5.43.